The van der Waals surface area contributed by atoms with E-state index in [1.165, 1.54) is 6.07 Å². The number of carbonyl (C=O) groups is 1. The summed E-state index contributed by atoms with van der Waals surface area (Å²) in [5.41, 5.74) is 8.36. The number of alkyl halides is 2. The Morgan fingerprint density at radius 2 is 0.741 bits per heavy atom. The van der Waals surface area contributed by atoms with Gasteiger partial charge in [0.2, 0.25) is 0 Å². The van der Waals surface area contributed by atoms with Gasteiger partial charge in [0.15, 0.2) is 11.9 Å². The summed E-state index contributed by atoms with van der Waals surface area (Å²) in [6, 6.07) is 74.2. The van der Waals surface area contributed by atoms with Gasteiger partial charge in [-0.25, -0.2) is 0 Å². The molecule has 7 nitrogen and oxygen atoms in total. The summed E-state index contributed by atoms with van der Waals surface area (Å²) in [6.07, 6.45) is -2.81. The third-order valence-electron chi connectivity index (χ3n) is 15.8. The van der Waals surface area contributed by atoms with Crippen LogP contribution in [-0.4, -0.2) is 54.6 Å². The standard InChI is InChI=1S/C36H38F2O3.C36H38O4/c1-3-32-26(2)33(39-24-28-17-9-5-10-18-28)34(40-25-29-19-11-6-12-20-29)35(41-32)36(37,38)31-22-14-13-21-30(31)23-27-15-7-4-8-16-27;1-3-32-26(2)34(38-24-28-17-9-5-10-18-28)36(39-25-29-19-11-6-12-20-29)35(40-32)33(37)31-22-14-13-21-30(31)23-27-15-7-4-8-16-27/h4-22,26,32-35H,3,23-25H2,1-2H3;4-22,26,32,34-36H,3,23-25H2,1-2H3/t26-,32-,33+,34-,35-;26-,32-,34+,35+,36-/m11/s1. The van der Waals surface area contributed by atoms with E-state index in [1.807, 2.05) is 202 Å². The Balaban J connectivity index is 0.000000196. The number of Topliss-reactive ketones (excluding diaryl/α,β-unsaturated/α-hetero) is 1. The molecule has 0 unspecified atom stereocenters. The van der Waals surface area contributed by atoms with E-state index in [1.54, 1.807) is 12.1 Å². The molecule has 2 aliphatic rings. The number of benzene rings is 8. The molecule has 0 aliphatic carbocycles. The fraction of sp³-hybridized carbons (Fsp3) is 0.319. The Morgan fingerprint density at radius 1 is 0.407 bits per heavy atom. The molecular formula is C72H76F2O7. The molecule has 81 heavy (non-hydrogen) atoms. The van der Waals surface area contributed by atoms with Crippen molar-refractivity contribution < 1.29 is 42.0 Å². The van der Waals surface area contributed by atoms with E-state index < -0.39 is 42.5 Å². The summed E-state index contributed by atoms with van der Waals surface area (Å²) in [6.45, 7) is 9.54. The summed E-state index contributed by atoms with van der Waals surface area (Å²) in [7, 11) is 0. The van der Waals surface area contributed by atoms with Crippen LogP contribution in [0.25, 0.3) is 0 Å². The van der Waals surface area contributed by atoms with Gasteiger partial charge in [-0.15, -0.1) is 0 Å². The van der Waals surface area contributed by atoms with Gasteiger partial charge < -0.3 is 28.4 Å². The minimum absolute atomic E-state index is 0.0339. The van der Waals surface area contributed by atoms with Crippen molar-refractivity contribution in [3.05, 3.63) is 286 Å². The fourth-order valence-corrected chi connectivity index (χ4v) is 11.4. The molecule has 2 aliphatic heterocycles. The molecule has 0 aromatic heterocycles. The van der Waals surface area contributed by atoms with E-state index in [-0.39, 0.29) is 42.0 Å². The van der Waals surface area contributed by atoms with E-state index in [0.29, 0.717) is 50.2 Å². The van der Waals surface area contributed by atoms with E-state index in [9.17, 15) is 4.79 Å². The molecule has 2 heterocycles. The lowest BCUT2D eigenvalue weighted by atomic mass is 9.82. The minimum atomic E-state index is -3.32. The van der Waals surface area contributed by atoms with Crippen molar-refractivity contribution in [2.45, 2.75) is 135 Å². The first-order valence-corrected chi connectivity index (χ1v) is 28.7. The van der Waals surface area contributed by atoms with Crippen molar-refractivity contribution in [2.24, 2.45) is 11.8 Å². The molecule has 0 radical (unpaired) electrons. The molecule has 8 aromatic carbocycles. The van der Waals surface area contributed by atoms with Crippen LogP contribution in [-0.2, 0) is 73.6 Å². The van der Waals surface area contributed by atoms with Crippen LogP contribution in [0.2, 0.25) is 0 Å². The number of rotatable bonds is 22. The first-order valence-electron chi connectivity index (χ1n) is 28.7. The summed E-state index contributed by atoms with van der Waals surface area (Å²) in [4.78, 5) is 14.4. The van der Waals surface area contributed by atoms with Gasteiger partial charge >= 0.3 is 5.92 Å². The van der Waals surface area contributed by atoms with Gasteiger partial charge in [-0.2, -0.15) is 8.78 Å². The molecule has 2 saturated heterocycles. The zero-order valence-corrected chi connectivity index (χ0v) is 47.0. The monoisotopic (exact) mass is 1090 g/mol. The maximum absolute atomic E-state index is 16.9. The second-order valence-electron chi connectivity index (χ2n) is 21.4. The van der Waals surface area contributed by atoms with Crippen LogP contribution < -0.4 is 0 Å². The van der Waals surface area contributed by atoms with Gasteiger partial charge in [0.25, 0.3) is 0 Å². The lowest BCUT2D eigenvalue weighted by Gasteiger charge is -2.47. The molecule has 10 rings (SSSR count). The summed E-state index contributed by atoms with van der Waals surface area (Å²) < 4.78 is 72.7. The third-order valence-corrected chi connectivity index (χ3v) is 15.8. The summed E-state index contributed by atoms with van der Waals surface area (Å²) in [5.74, 6) is -3.47. The molecule has 0 bridgehead atoms. The highest BCUT2D eigenvalue weighted by Crippen LogP contribution is 2.45. The molecule has 420 valence electrons. The summed E-state index contributed by atoms with van der Waals surface area (Å²) in [5, 5.41) is 0. The lowest BCUT2D eigenvalue weighted by molar-refractivity contribution is -0.287. The Bertz CT molecular complexity index is 3110. The predicted octanol–water partition coefficient (Wildman–Crippen LogP) is 15.8. The zero-order valence-electron chi connectivity index (χ0n) is 47.0. The molecule has 0 amide bonds. The summed E-state index contributed by atoms with van der Waals surface area (Å²) >= 11 is 0. The topological polar surface area (TPSA) is 72.5 Å². The number of ketones is 1. The zero-order chi connectivity index (χ0) is 56.4. The number of hydrogen-bond acceptors (Lipinski definition) is 7. The lowest BCUT2D eigenvalue weighted by Crippen LogP contribution is -2.60. The van der Waals surface area contributed by atoms with Crippen molar-refractivity contribution >= 4 is 5.78 Å². The second-order valence-corrected chi connectivity index (χ2v) is 21.4. The van der Waals surface area contributed by atoms with E-state index in [0.717, 1.165) is 45.4 Å². The Hall–Kier alpha value is -6.95. The molecule has 0 spiro atoms. The first-order chi connectivity index (χ1) is 39.6. The average Bonchev–Trinajstić information content (AvgIpc) is 3.65. The molecule has 8 aromatic rings. The van der Waals surface area contributed by atoms with Crippen LogP contribution in [0.15, 0.2) is 231 Å². The van der Waals surface area contributed by atoms with Crippen LogP contribution in [0.1, 0.15) is 101 Å². The Kier molecular flexibility index (Phi) is 21.1. The van der Waals surface area contributed by atoms with Crippen molar-refractivity contribution in [1.82, 2.24) is 0 Å². The van der Waals surface area contributed by atoms with Gasteiger partial charge in [0.1, 0.15) is 18.3 Å². The van der Waals surface area contributed by atoms with E-state index in [4.69, 9.17) is 28.4 Å². The van der Waals surface area contributed by atoms with Gasteiger partial charge in [-0.3, -0.25) is 4.79 Å². The molecule has 0 N–H and O–H groups in total. The molecular weight excluding hydrogens is 1010 g/mol. The molecule has 2 fully saturated rings. The van der Waals surface area contributed by atoms with Gasteiger partial charge in [0, 0.05) is 23.0 Å². The first kappa shape index (κ1) is 58.7. The highest BCUT2D eigenvalue weighted by atomic mass is 19.3. The quantitative estimate of drug-likeness (QED) is 0.0626. The van der Waals surface area contributed by atoms with Gasteiger partial charge in [-0.05, 0) is 70.2 Å². The van der Waals surface area contributed by atoms with Crippen molar-refractivity contribution in [3.8, 4) is 0 Å². The second kappa shape index (κ2) is 29.2. The number of hydrogen-bond donors (Lipinski definition) is 0. The van der Waals surface area contributed by atoms with Crippen LogP contribution in [0.5, 0.6) is 0 Å². The Morgan fingerprint density at radius 3 is 1.19 bits per heavy atom. The van der Waals surface area contributed by atoms with Crippen LogP contribution in [0.3, 0.4) is 0 Å². The van der Waals surface area contributed by atoms with Crippen molar-refractivity contribution in [2.75, 3.05) is 0 Å². The molecule has 0 saturated carbocycles. The predicted molar refractivity (Wildman–Crippen MR) is 316 cm³/mol. The van der Waals surface area contributed by atoms with Gasteiger partial charge in [0.05, 0.1) is 50.8 Å². The highest BCUT2D eigenvalue weighted by molar-refractivity contribution is 6.01. The van der Waals surface area contributed by atoms with E-state index >= 15 is 8.78 Å². The fourth-order valence-electron chi connectivity index (χ4n) is 11.4. The van der Waals surface area contributed by atoms with Crippen LogP contribution in [0.4, 0.5) is 8.78 Å². The molecule has 9 heteroatoms. The number of halogens is 2. The Labute approximate surface area is 478 Å². The largest absolute Gasteiger partial charge is 0.370 e. The minimum Gasteiger partial charge on any atom is -0.370 e. The molecule has 10 atom stereocenters. The van der Waals surface area contributed by atoms with Crippen molar-refractivity contribution in [3.63, 3.8) is 0 Å². The maximum Gasteiger partial charge on any atom is 0.301 e. The smallest absolute Gasteiger partial charge is 0.301 e. The SMILES string of the molecule is CC[C@H]1O[C@@H](C(=O)c2ccccc2Cc2ccccc2)[C@H](OCc2ccccc2)[C@@H](OCc2ccccc2)[C@@H]1C.CC[C@H]1O[C@@H](C(F)(F)c2ccccc2Cc2ccccc2)[C@H](OCc2ccccc2)[C@@H](OCc2ccccc2)[C@@H]1C. The number of carbonyl (C=O) groups excluding carboxylic acids is 1. The van der Waals surface area contributed by atoms with Crippen LogP contribution >= 0.6 is 0 Å². The highest BCUT2D eigenvalue weighted by Gasteiger charge is 2.56. The van der Waals surface area contributed by atoms with Gasteiger partial charge in [-0.1, -0.05) is 258 Å². The normalized spacial score (nSPS) is 22.7. The van der Waals surface area contributed by atoms with Crippen molar-refractivity contribution in [1.29, 1.82) is 0 Å². The van der Waals surface area contributed by atoms with E-state index in [2.05, 4.69) is 38.1 Å². The third kappa shape index (κ3) is 15.3. The van der Waals surface area contributed by atoms with Crippen LogP contribution in [0, 0.1) is 11.8 Å². The maximum atomic E-state index is 16.9. The average molecular weight is 1090 g/mol. The number of ether oxygens (including phenoxy) is 6.